The Balaban J connectivity index is 2.10. The van der Waals surface area contributed by atoms with Crippen LogP contribution in [0.4, 0.5) is 0 Å². The molecule has 2 N–H and O–H groups in total. The third-order valence-corrected chi connectivity index (χ3v) is 6.08. The van der Waals surface area contributed by atoms with Crippen molar-refractivity contribution in [3.63, 3.8) is 0 Å². The van der Waals surface area contributed by atoms with E-state index in [2.05, 4.69) is 13.8 Å². The van der Waals surface area contributed by atoms with Crippen LogP contribution in [0.2, 0.25) is 0 Å². The summed E-state index contributed by atoms with van der Waals surface area (Å²) in [6.45, 7) is 6.04. The summed E-state index contributed by atoms with van der Waals surface area (Å²) >= 11 is 0. The summed E-state index contributed by atoms with van der Waals surface area (Å²) in [5.41, 5.74) is 7.39. The monoisotopic (exact) mass is 296 g/mol. The van der Waals surface area contributed by atoms with Crippen LogP contribution in [0.3, 0.4) is 0 Å². The average Bonchev–Trinajstić information content (AvgIpc) is 2.41. The van der Waals surface area contributed by atoms with Crippen molar-refractivity contribution >= 4 is 10.0 Å². The Morgan fingerprint density at radius 3 is 2.60 bits per heavy atom. The molecule has 5 heteroatoms. The summed E-state index contributed by atoms with van der Waals surface area (Å²) in [6.07, 6.45) is 0.948. The maximum absolute atomic E-state index is 12.5. The van der Waals surface area contributed by atoms with E-state index in [1.807, 2.05) is 24.3 Å². The molecule has 2 atom stereocenters. The number of benzene rings is 1. The van der Waals surface area contributed by atoms with E-state index in [9.17, 15) is 8.42 Å². The van der Waals surface area contributed by atoms with E-state index in [4.69, 9.17) is 5.73 Å². The van der Waals surface area contributed by atoms with Crippen LogP contribution >= 0.6 is 0 Å². The normalized spacial score (nSPS) is 24.8. The zero-order chi connectivity index (χ0) is 14.8. The quantitative estimate of drug-likeness (QED) is 0.923. The van der Waals surface area contributed by atoms with Gasteiger partial charge in [-0.1, -0.05) is 38.1 Å². The summed E-state index contributed by atoms with van der Waals surface area (Å²) in [7, 11) is -3.23. The van der Waals surface area contributed by atoms with Crippen molar-refractivity contribution < 1.29 is 8.42 Å². The molecule has 4 nitrogen and oxygen atoms in total. The zero-order valence-electron chi connectivity index (χ0n) is 12.2. The molecule has 0 radical (unpaired) electrons. The second-order valence-electron chi connectivity index (χ2n) is 5.88. The van der Waals surface area contributed by atoms with E-state index in [1.165, 1.54) is 0 Å². The molecule has 1 saturated heterocycles. The number of nitrogens with zero attached hydrogens (tertiary/aromatic N) is 1. The fourth-order valence-corrected chi connectivity index (χ4v) is 4.25. The van der Waals surface area contributed by atoms with E-state index in [1.54, 1.807) is 4.31 Å². The van der Waals surface area contributed by atoms with Gasteiger partial charge in [-0.15, -0.1) is 0 Å². The Hall–Kier alpha value is -0.910. The van der Waals surface area contributed by atoms with Crippen LogP contribution in [0.25, 0.3) is 0 Å². The van der Waals surface area contributed by atoms with Gasteiger partial charge in [0.1, 0.15) is 0 Å². The van der Waals surface area contributed by atoms with Crippen LogP contribution in [0.1, 0.15) is 31.4 Å². The Morgan fingerprint density at radius 1 is 1.25 bits per heavy atom. The van der Waals surface area contributed by atoms with Gasteiger partial charge in [0.25, 0.3) is 0 Å². The van der Waals surface area contributed by atoms with Crippen molar-refractivity contribution in [3.8, 4) is 0 Å². The Bertz CT molecular complexity index is 557. The van der Waals surface area contributed by atoms with Crippen LogP contribution in [-0.2, 0) is 22.3 Å². The highest BCUT2D eigenvalue weighted by Gasteiger charge is 2.30. The molecule has 0 saturated carbocycles. The minimum absolute atomic E-state index is 0.0714. The third-order valence-electron chi connectivity index (χ3n) is 4.27. The lowest BCUT2D eigenvalue weighted by atomic mass is 9.90. The average molecular weight is 296 g/mol. The fraction of sp³-hybridized carbons (Fsp3) is 0.600. The molecule has 1 aromatic rings. The van der Waals surface area contributed by atoms with E-state index in [-0.39, 0.29) is 5.75 Å². The molecule has 0 amide bonds. The highest BCUT2D eigenvalue weighted by Crippen LogP contribution is 2.25. The molecule has 20 heavy (non-hydrogen) atoms. The largest absolute Gasteiger partial charge is 0.326 e. The van der Waals surface area contributed by atoms with Crippen LogP contribution in [0, 0.1) is 11.8 Å². The van der Waals surface area contributed by atoms with Gasteiger partial charge in [-0.3, -0.25) is 0 Å². The first-order valence-electron chi connectivity index (χ1n) is 7.18. The lowest BCUT2D eigenvalue weighted by Gasteiger charge is -2.34. The van der Waals surface area contributed by atoms with E-state index >= 15 is 0 Å². The van der Waals surface area contributed by atoms with Crippen LogP contribution in [0.15, 0.2) is 24.3 Å². The van der Waals surface area contributed by atoms with Gasteiger partial charge >= 0.3 is 0 Å². The molecule has 0 bridgehead atoms. The fourth-order valence-electron chi connectivity index (χ4n) is 2.63. The summed E-state index contributed by atoms with van der Waals surface area (Å²) in [5, 5.41) is 0. The first-order valence-corrected chi connectivity index (χ1v) is 8.79. The summed E-state index contributed by atoms with van der Waals surface area (Å²) < 4.78 is 26.6. The van der Waals surface area contributed by atoms with Gasteiger partial charge in [0.15, 0.2) is 0 Å². The Morgan fingerprint density at radius 2 is 1.95 bits per heavy atom. The van der Waals surface area contributed by atoms with Crippen molar-refractivity contribution in [3.05, 3.63) is 35.4 Å². The molecule has 1 aliphatic rings. The lowest BCUT2D eigenvalue weighted by Crippen LogP contribution is -2.42. The van der Waals surface area contributed by atoms with Crippen molar-refractivity contribution in [2.75, 3.05) is 13.1 Å². The van der Waals surface area contributed by atoms with Gasteiger partial charge in [0.2, 0.25) is 10.0 Å². The number of rotatable bonds is 4. The summed E-state index contributed by atoms with van der Waals surface area (Å²) in [6, 6.07) is 7.52. The van der Waals surface area contributed by atoms with Crippen molar-refractivity contribution in [1.82, 2.24) is 4.31 Å². The molecule has 2 unspecified atom stereocenters. The highest BCUT2D eigenvalue weighted by atomic mass is 32.2. The maximum atomic E-state index is 12.5. The highest BCUT2D eigenvalue weighted by molar-refractivity contribution is 7.88. The van der Waals surface area contributed by atoms with Gasteiger partial charge < -0.3 is 5.73 Å². The first kappa shape index (κ1) is 15.5. The van der Waals surface area contributed by atoms with Crippen molar-refractivity contribution in [2.45, 2.75) is 32.6 Å². The lowest BCUT2D eigenvalue weighted by molar-refractivity contribution is 0.212. The predicted molar refractivity (Wildman–Crippen MR) is 81.5 cm³/mol. The third kappa shape index (κ3) is 3.59. The molecule has 2 rings (SSSR count). The molecule has 112 valence electrons. The Kier molecular flexibility index (Phi) is 4.83. The second kappa shape index (κ2) is 6.24. The molecular weight excluding hydrogens is 272 g/mol. The molecule has 0 spiro atoms. The minimum atomic E-state index is -3.23. The van der Waals surface area contributed by atoms with Gasteiger partial charge in [0, 0.05) is 19.6 Å². The zero-order valence-corrected chi connectivity index (χ0v) is 13.1. The second-order valence-corrected chi connectivity index (χ2v) is 7.85. The first-order chi connectivity index (χ1) is 9.42. The molecule has 1 aliphatic heterocycles. The molecular formula is C15H24N2O2S. The number of sulfonamides is 1. The van der Waals surface area contributed by atoms with E-state index in [0.29, 0.717) is 31.5 Å². The van der Waals surface area contributed by atoms with Gasteiger partial charge in [-0.05, 0) is 29.4 Å². The molecule has 1 heterocycles. The van der Waals surface area contributed by atoms with E-state index in [0.717, 1.165) is 17.5 Å². The van der Waals surface area contributed by atoms with E-state index < -0.39 is 10.0 Å². The minimum Gasteiger partial charge on any atom is -0.326 e. The number of piperidine rings is 1. The van der Waals surface area contributed by atoms with Crippen LogP contribution in [0.5, 0.6) is 0 Å². The SMILES string of the molecule is CC1CCN(S(=O)(=O)Cc2cccc(CN)c2)CC1C. The summed E-state index contributed by atoms with van der Waals surface area (Å²) in [4.78, 5) is 0. The number of hydrogen-bond donors (Lipinski definition) is 1. The molecule has 1 aromatic carbocycles. The molecule has 0 aliphatic carbocycles. The predicted octanol–water partition coefficient (Wildman–Crippen LogP) is 1.95. The molecule has 0 aromatic heterocycles. The maximum Gasteiger partial charge on any atom is 0.218 e. The Labute approximate surface area is 122 Å². The number of hydrogen-bond acceptors (Lipinski definition) is 3. The van der Waals surface area contributed by atoms with Gasteiger partial charge in [-0.25, -0.2) is 12.7 Å². The smallest absolute Gasteiger partial charge is 0.218 e. The van der Waals surface area contributed by atoms with Crippen LogP contribution < -0.4 is 5.73 Å². The van der Waals surface area contributed by atoms with Crippen LogP contribution in [-0.4, -0.2) is 25.8 Å². The van der Waals surface area contributed by atoms with Crippen molar-refractivity contribution in [2.24, 2.45) is 17.6 Å². The van der Waals surface area contributed by atoms with Gasteiger partial charge in [-0.2, -0.15) is 0 Å². The van der Waals surface area contributed by atoms with Crippen molar-refractivity contribution in [1.29, 1.82) is 0 Å². The summed E-state index contributed by atoms with van der Waals surface area (Å²) in [5.74, 6) is 1.10. The molecule has 1 fully saturated rings. The van der Waals surface area contributed by atoms with Gasteiger partial charge in [0.05, 0.1) is 5.75 Å². The standard InChI is InChI=1S/C15H24N2O2S/c1-12-6-7-17(10-13(12)2)20(18,19)11-15-5-3-4-14(8-15)9-16/h3-5,8,12-13H,6-7,9-11,16H2,1-2H3. The number of nitrogens with two attached hydrogens (primary N) is 1. The topological polar surface area (TPSA) is 63.4 Å².